The molecule has 0 saturated carbocycles. The van der Waals surface area contributed by atoms with Crippen molar-refractivity contribution in [1.29, 1.82) is 0 Å². The molecule has 0 radical (unpaired) electrons. The average molecular weight is 873 g/mol. The van der Waals surface area contributed by atoms with Gasteiger partial charge in [-0.25, -0.2) is 4.99 Å². The van der Waals surface area contributed by atoms with E-state index in [4.69, 9.17) is 38.2 Å². The number of likely N-dealkylation sites (N-methyl/N-ethyl adjacent to an activating group) is 2. The summed E-state index contributed by atoms with van der Waals surface area (Å²) in [5.74, 6) is -2.51. The Morgan fingerprint density at radius 3 is 2.18 bits per heavy atom. The van der Waals surface area contributed by atoms with E-state index < -0.39 is 96.0 Å². The molecule has 0 aliphatic carbocycles. The van der Waals surface area contributed by atoms with Crippen molar-refractivity contribution in [3.63, 3.8) is 0 Å². The van der Waals surface area contributed by atoms with E-state index in [1.54, 1.807) is 34.6 Å². The van der Waals surface area contributed by atoms with Crippen LogP contribution in [-0.4, -0.2) is 191 Å². The third-order valence-electron chi connectivity index (χ3n) is 14.3. The number of carbonyl (C=O) groups excluding carboxylic acids is 1. The Morgan fingerprint density at radius 1 is 0.918 bits per heavy atom. The lowest BCUT2D eigenvalue weighted by Gasteiger charge is -2.48. The van der Waals surface area contributed by atoms with Gasteiger partial charge in [0, 0.05) is 45.6 Å². The zero-order valence-corrected chi connectivity index (χ0v) is 40.1. The normalized spacial score (nSPS) is 45.6. The molecule has 4 N–H and O–H groups in total. The maximum atomic E-state index is 14.4. The van der Waals surface area contributed by atoms with E-state index in [0.717, 1.165) is 26.1 Å². The first-order chi connectivity index (χ1) is 28.5. The molecular weight excluding hydrogens is 789 g/mol. The van der Waals surface area contributed by atoms with Crippen LogP contribution in [0.15, 0.2) is 4.99 Å². The fourth-order valence-corrected chi connectivity index (χ4v) is 10.2. The van der Waals surface area contributed by atoms with Gasteiger partial charge in [-0.2, -0.15) is 0 Å². The van der Waals surface area contributed by atoms with Crippen molar-refractivity contribution in [2.45, 2.75) is 205 Å². The van der Waals surface area contributed by atoms with E-state index in [1.807, 2.05) is 46.7 Å². The van der Waals surface area contributed by atoms with Crippen LogP contribution in [0.5, 0.6) is 0 Å². The molecule has 0 aromatic heterocycles. The van der Waals surface area contributed by atoms with Crippen molar-refractivity contribution in [2.24, 2.45) is 22.7 Å². The van der Waals surface area contributed by atoms with Gasteiger partial charge in [0.25, 0.3) is 6.02 Å². The van der Waals surface area contributed by atoms with Gasteiger partial charge < -0.3 is 68.3 Å². The third-order valence-corrected chi connectivity index (χ3v) is 14.3. The highest BCUT2D eigenvalue weighted by Gasteiger charge is 2.54. The zero-order chi connectivity index (χ0) is 45.8. The van der Waals surface area contributed by atoms with Crippen LogP contribution >= 0.6 is 0 Å². The average Bonchev–Trinajstić information content (AvgIpc) is 3.52. The summed E-state index contributed by atoms with van der Waals surface area (Å²) in [5.41, 5.74) is -4.35. The summed E-state index contributed by atoms with van der Waals surface area (Å²) in [4.78, 5) is 25.7. The summed E-state index contributed by atoms with van der Waals surface area (Å²) in [5, 5.41) is 47.3. The number of nitrogens with zero attached hydrogens (tertiary/aromatic N) is 4. The Bertz CT molecular complexity index is 1420. The van der Waals surface area contributed by atoms with Gasteiger partial charge in [-0.05, 0) is 107 Å². The van der Waals surface area contributed by atoms with E-state index >= 15 is 0 Å². The highest BCUT2D eigenvalue weighted by atomic mass is 16.7. The van der Waals surface area contributed by atoms with E-state index in [1.165, 1.54) is 14.0 Å². The van der Waals surface area contributed by atoms with Crippen molar-refractivity contribution in [3.8, 4) is 0 Å². The number of aliphatic imine (C=N–C) groups is 1. The van der Waals surface area contributed by atoms with Crippen LogP contribution < -0.4 is 0 Å². The van der Waals surface area contributed by atoms with Gasteiger partial charge in [0.2, 0.25) is 0 Å². The first-order valence-electron chi connectivity index (χ1n) is 23.0. The van der Waals surface area contributed by atoms with Gasteiger partial charge >= 0.3 is 5.97 Å². The van der Waals surface area contributed by atoms with Crippen LogP contribution in [0.25, 0.3) is 0 Å². The second kappa shape index (κ2) is 21.5. The van der Waals surface area contributed by atoms with Crippen LogP contribution in [-0.2, 0) is 38.0 Å². The number of methoxy groups -OCH3 is 1. The minimum atomic E-state index is -1.80. The molecule has 18 atom stereocenters. The fourth-order valence-electron chi connectivity index (χ4n) is 10.2. The van der Waals surface area contributed by atoms with Crippen LogP contribution in [0, 0.1) is 17.8 Å². The number of carbonyl (C=O) groups is 1. The van der Waals surface area contributed by atoms with Gasteiger partial charge in [0.05, 0.1) is 47.6 Å². The molecule has 356 valence electrons. The summed E-state index contributed by atoms with van der Waals surface area (Å²) in [6, 6.07) is -0.107. The maximum Gasteiger partial charge on any atom is 0.311 e. The van der Waals surface area contributed by atoms with Crippen molar-refractivity contribution >= 4 is 12.0 Å². The number of fused-ring (bicyclic) bond motifs is 1. The van der Waals surface area contributed by atoms with Gasteiger partial charge in [-0.15, -0.1) is 0 Å². The third kappa shape index (κ3) is 12.0. The lowest BCUT2D eigenvalue weighted by atomic mass is 9.77. The summed E-state index contributed by atoms with van der Waals surface area (Å²) in [7, 11) is 5.38. The standard InChI is InChI=1S/C45H84N4O12/c1-16-33-45(12,54)37(50)30(8)47(13)25-26(4)23-43(10,53)39(28(6)35(29(7)40(52)58-33)59-34-24-44(11,55-15)38(51)31(9)57-34)61-41-36-32(22-27(5)56-41)48(14)42(60-36)46-20-19-21-49(17-2)18-3/h26-39,41,50-51,53-54H,16-25H2,1-15H3/b46-42+/t26-,27-,28+,29-,30-,31+,32+,33-,34+,35+,36-,37-,38+,39-,41+,43-,44-,45-/m1/s1. The molecule has 0 aromatic rings. The summed E-state index contributed by atoms with van der Waals surface area (Å²) in [6.45, 7) is 26.3. The molecule has 61 heavy (non-hydrogen) atoms. The van der Waals surface area contributed by atoms with Crippen molar-refractivity contribution < 1.29 is 58.4 Å². The minimum absolute atomic E-state index is 0.103. The number of hydrogen-bond acceptors (Lipinski definition) is 15. The predicted molar refractivity (Wildman–Crippen MR) is 232 cm³/mol. The van der Waals surface area contributed by atoms with E-state index in [2.05, 4.69) is 23.6 Å². The second-order valence-corrected chi connectivity index (χ2v) is 19.4. The molecule has 0 bridgehead atoms. The molecule has 4 aliphatic heterocycles. The molecule has 0 aromatic carbocycles. The number of cyclic esters (lactones) is 1. The maximum absolute atomic E-state index is 14.4. The first-order valence-corrected chi connectivity index (χ1v) is 23.0. The lowest BCUT2D eigenvalue weighted by Crippen LogP contribution is -2.60. The smallest absolute Gasteiger partial charge is 0.311 e. The first kappa shape index (κ1) is 51.9. The molecular formula is C45H84N4O12. The Morgan fingerprint density at radius 2 is 1.57 bits per heavy atom. The Labute approximate surface area is 366 Å². The van der Waals surface area contributed by atoms with Crippen molar-refractivity contribution in [2.75, 3.05) is 53.9 Å². The van der Waals surface area contributed by atoms with Gasteiger partial charge in [0.15, 0.2) is 18.7 Å². The Hall–Kier alpha value is -1.70. The molecule has 4 rings (SSSR count). The quantitative estimate of drug-likeness (QED) is 0.165. The van der Waals surface area contributed by atoms with Crippen LogP contribution in [0.1, 0.15) is 115 Å². The van der Waals surface area contributed by atoms with Gasteiger partial charge in [-0.1, -0.05) is 34.6 Å². The number of aliphatic hydroxyl groups excluding tert-OH is 2. The Kier molecular flexibility index (Phi) is 18.3. The number of hydrogen-bond donors (Lipinski definition) is 4. The summed E-state index contributed by atoms with van der Waals surface area (Å²) < 4.78 is 45.2. The van der Waals surface area contributed by atoms with Gasteiger partial charge in [0.1, 0.15) is 23.9 Å². The zero-order valence-electron chi connectivity index (χ0n) is 40.1. The van der Waals surface area contributed by atoms with E-state index in [0.29, 0.717) is 25.5 Å². The predicted octanol–water partition coefficient (Wildman–Crippen LogP) is 3.40. The number of esters is 1. The Balaban J connectivity index is 1.78. The number of aliphatic hydroxyl groups is 4. The van der Waals surface area contributed by atoms with E-state index in [-0.39, 0.29) is 37.3 Å². The molecule has 0 amide bonds. The number of rotatable bonds is 12. The largest absolute Gasteiger partial charge is 0.459 e. The fraction of sp³-hybridized carbons (Fsp3) is 0.956. The van der Waals surface area contributed by atoms with Crippen molar-refractivity contribution in [1.82, 2.24) is 14.7 Å². The van der Waals surface area contributed by atoms with Crippen molar-refractivity contribution in [3.05, 3.63) is 0 Å². The molecule has 4 aliphatic rings. The topological polar surface area (TPSA) is 185 Å². The van der Waals surface area contributed by atoms with Crippen LogP contribution in [0.3, 0.4) is 0 Å². The molecule has 0 unspecified atom stereocenters. The molecule has 0 spiro atoms. The highest BCUT2D eigenvalue weighted by molar-refractivity contribution is 5.76. The number of amidine groups is 1. The summed E-state index contributed by atoms with van der Waals surface area (Å²) in [6.07, 6.45) is -6.36. The molecule has 16 nitrogen and oxygen atoms in total. The van der Waals surface area contributed by atoms with Gasteiger partial charge in [-0.3, -0.25) is 4.79 Å². The second-order valence-electron chi connectivity index (χ2n) is 19.4. The minimum Gasteiger partial charge on any atom is -0.459 e. The number of ether oxygens (including phenoxy) is 7. The highest BCUT2D eigenvalue weighted by Crippen LogP contribution is 2.41. The summed E-state index contributed by atoms with van der Waals surface area (Å²) >= 11 is 0. The van der Waals surface area contributed by atoms with E-state index in [9.17, 15) is 25.2 Å². The van der Waals surface area contributed by atoms with Crippen LogP contribution in [0.4, 0.5) is 0 Å². The molecule has 16 heteroatoms. The van der Waals surface area contributed by atoms with Crippen LogP contribution in [0.2, 0.25) is 0 Å². The molecule has 4 fully saturated rings. The monoisotopic (exact) mass is 873 g/mol. The SMILES string of the molecule is CC[C@H]1OC(=O)[C@H](C)[C@@H](O[C@H]2C[C@@](C)(OC)[C@@H](O)[C@H](C)O2)[C@H](C)[C@@H](O[C@@H]2O[C@H](C)C[C@H]3[C@H]2O/C(=N/CCCN(CC)CC)N3C)[C@](C)(O)C[C@@H](C)CN(C)[C@H](C)[C@@H](O)[C@]1(C)O. The molecule has 4 heterocycles. The molecule has 4 saturated heterocycles. The lowest BCUT2D eigenvalue weighted by molar-refractivity contribution is -0.313.